The fourth-order valence-corrected chi connectivity index (χ4v) is 3.52. The summed E-state index contributed by atoms with van der Waals surface area (Å²) in [6, 6.07) is 0.841. The molecule has 0 amide bonds. The number of hydrogen-bond donors (Lipinski definition) is 2. The number of nitrogens with two attached hydrogens (primary N) is 1. The quantitative estimate of drug-likeness (QED) is 0.746. The second kappa shape index (κ2) is 5.93. The Morgan fingerprint density at radius 1 is 1.59 bits per heavy atom. The van der Waals surface area contributed by atoms with Crippen LogP contribution in [0.3, 0.4) is 0 Å². The minimum Gasteiger partial charge on any atom is -0.382 e. The van der Waals surface area contributed by atoms with Gasteiger partial charge < -0.3 is 11.1 Å². The highest BCUT2D eigenvalue weighted by Crippen LogP contribution is 2.34. The van der Waals surface area contributed by atoms with Gasteiger partial charge >= 0.3 is 0 Å². The Labute approximate surface area is 111 Å². The van der Waals surface area contributed by atoms with Crippen molar-refractivity contribution >= 4 is 34.1 Å². The van der Waals surface area contributed by atoms with Crippen LogP contribution in [0.2, 0.25) is 0 Å². The SMILES string of the molecule is CCN(CCNc1snc(N)c1SC)C1CC1. The Bertz CT molecular complexity index is 362. The predicted octanol–water partition coefficient (Wildman–Crippen LogP) is 2.34. The summed E-state index contributed by atoms with van der Waals surface area (Å²) in [6.07, 6.45) is 4.78. The van der Waals surface area contributed by atoms with E-state index in [1.807, 2.05) is 6.26 Å². The number of nitrogens with one attached hydrogen (secondary N) is 1. The van der Waals surface area contributed by atoms with Gasteiger partial charge in [0.1, 0.15) is 5.00 Å². The molecule has 0 atom stereocenters. The molecule has 0 spiro atoms. The molecule has 3 N–H and O–H groups in total. The lowest BCUT2D eigenvalue weighted by Gasteiger charge is -2.19. The molecule has 1 aliphatic carbocycles. The van der Waals surface area contributed by atoms with Crippen molar-refractivity contribution in [2.24, 2.45) is 0 Å². The van der Waals surface area contributed by atoms with Crippen LogP contribution in [0.25, 0.3) is 0 Å². The number of likely N-dealkylation sites (N-methyl/N-ethyl adjacent to an activating group) is 1. The van der Waals surface area contributed by atoms with Gasteiger partial charge in [-0.25, -0.2) is 0 Å². The maximum absolute atomic E-state index is 5.80. The van der Waals surface area contributed by atoms with Crippen LogP contribution in [0.15, 0.2) is 4.90 Å². The summed E-state index contributed by atoms with van der Waals surface area (Å²) < 4.78 is 4.18. The minimum atomic E-state index is 0.652. The lowest BCUT2D eigenvalue weighted by Crippen LogP contribution is -2.30. The lowest BCUT2D eigenvalue weighted by molar-refractivity contribution is 0.289. The Kier molecular flexibility index (Phi) is 4.53. The second-order valence-electron chi connectivity index (χ2n) is 4.22. The van der Waals surface area contributed by atoms with E-state index in [0.717, 1.165) is 35.6 Å². The van der Waals surface area contributed by atoms with Gasteiger partial charge in [0.2, 0.25) is 0 Å². The zero-order valence-corrected chi connectivity index (χ0v) is 12.0. The molecule has 17 heavy (non-hydrogen) atoms. The second-order valence-corrected chi connectivity index (χ2v) is 5.81. The van der Waals surface area contributed by atoms with E-state index < -0.39 is 0 Å². The molecule has 6 heteroatoms. The molecule has 1 aromatic heterocycles. The lowest BCUT2D eigenvalue weighted by atomic mass is 10.4. The van der Waals surface area contributed by atoms with Crippen molar-refractivity contribution in [3.8, 4) is 0 Å². The number of nitrogen functional groups attached to an aromatic ring is 1. The molecule has 0 radical (unpaired) electrons. The van der Waals surface area contributed by atoms with Crippen molar-refractivity contribution < 1.29 is 0 Å². The van der Waals surface area contributed by atoms with E-state index in [9.17, 15) is 0 Å². The molecule has 2 rings (SSSR count). The van der Waals surface area contributed by atoms with Crippen molar-refractivity contribution in [2.45, 2.75) is 30.7 Å². The van der Waals surface area contributed by atoms with Crippen molar-refractivity contribution in [1.82, 2.24) is 9.27 Å². The van der Waals surface area contributed by atoms with E-state index in [4.69, 9.17) is 5.73 Å². The smallest absolute Gasteiger partial charge is 0.153 e. The first-order valence-corrected chi connectivity index (χ1v) is 8.03. The Hall–Kier alpha value is -0.460. The Morgan fingerprint density at radius 2 is 2.35 bits per heavy atom. The summed E-state index contributed by atoms with van der Waals surface area (Å²) in [5.41, 5.74) is 5.80. The standard InChI is InChI=1S/C11H20N4S2/c1-3-15(8-4-5-8)7-6-13-11-9(16-2)10(12)14-17-11/h8,13H,3-7H2,1-2H3,(H2,12,14). The van der Waals surface area contributed by atoms with Crippen molar-refractivity contribution in [2.75, 3.05) is 36.9 Å². The predicted molar refractivity (Wildman–Crippen MR) is 77.1 cm³/mol. The molecule has 0 saturated heterocycles. The fourth-order valence-electron chi connectivity index (χ4n) is 1.96. The summed E-state index contributed by atoms with van der Waals surface area (Å²) in [7, 11) is 0. The molecule has 1 aliphatic rings. The number of anilines is 2. The van der Waals surface area contributed by atoms with Gasteiger partial charge in [0, 0.05) is 19.1 Å². The zero-order valence-electron chi connectivity index (χ0n) is 10.4. The number of rotatable bonds is 7. The summed E-state index contributed by atoms with van der Waals surface area (Å²) >= 11 is 3.12. The highest BCUT2D eigenvalue weighted by Gasteiger charge is 2.27. The average molecular weight is 272 g/mol. The van der Waals surface area contributed by atoms with Crippen LogP contribution in [-0.2, 0) is 0 Å². The van der Waals surface area contributed by atoms with Crippen molar-refractivity contribution in [3.05, 3.63) is 0 Å². The molecular weight excluding hydrogens is 252 g/mol. The molecule has 1 heterocycles. The van der Waals surface area contributed by atoms with Crippen LogP contribution in [0.1, 0.15) is 19.8 Å². The van der Waals surface area contributed by atoms with Crippen molar-refractivity contribution in [3.63, 3.8) is 0 Å². The highest BCUT2D eigenvalue weighted by atomic mass is 32.2. The van der Waals surface area contributed by atoms with E-state index >= 15 is 0 Å². The van der Waals surface area contributed by atoms with Gasteiger partial charge in [0.05, 0.1) is 4.90 Å². The first-order valence-electron chi connectivity index (χ1n) is 6.03. The first kappa shape index (κ1) is 13.0. The topological polar surface area (TPSA) is 54.2 Å². The molecule has 4 nitrogen and oxygen atoms in total. The van der Waals surface area contributed by atoms with Crippen LogP contribution in [0.5, 0.6) is 0 Å². The number of nitrogens with zero attached hydrogens (tertiary/aromatic N) is 2. The maximum atomic E-state index is 5.80. The molecule has 0 aromatic carbocycles. The van der Waals surface area contributed by atoms with E-state index in [-0.39, 0.29) is 0 Å². The summed E-state index contributed by atoms with van der Waals surface area (Å²) in [5.74, 6) is 0.652. The van der Waals surface area contributed by atoms with Gasteiger partial charge in [0.15, 0.2) is 5.82 Å². The molecule has 96 valence electrons. The third kappa shape index (κ3) is 3.26. The van der Waals surface area contributed by atoms with Crippen molar-refractivity contribution in [1.29, 1.82) is 0 Å². The number of aromatic nitrogens is 1. The van der Waals surface area contributed by atoms with E-state index in [1.54, 1.807) is 11.8 Å². The first-order chi connectivity index (χ1) is 8.26. The molecule has 1 aromatic rings. The van der Waals surface area contributed by atoms with E-state index in [1.165, 1.54) is 24.4 Å². The molecule has 1 saturated carbocycles. The highest BCUT2D eigenvalue weighted by molar-refractivity contribution is 7.99. The fraction of sp³-hybridized carbons (Fsp3) is 0.727. The van der Waals surface area contributed by atoms with Crippen LogP contribution in [-0.4, -0.2) is 41.2 Å². The number of hydrogen-bond acceptors (Lipinski definition) is 6. The molecule has 0 unspecified atom stereocenters. The molecule has 1 fully saturated rings. The normalized spacial score (nSPS) is 15.5. The van der Waals surface area contributed by atoms with Crippen LogP contribution >= 0.6 is 23.3 Å². The third-order valence-electron chi connectivity index (χ3n) is 3.03. The minimum absolute atomic E-state index is 0.652. The molecular formula is C11H20N4S2. The zero-order chi connectivity index (χ0) is 12.3. The average Bonchev–Trinajstić information content (AvgIpc) is 3.10. The third-order valence-corrected chi connectivity index (χ3v) is 4.80. The Balaban J connectivity index is 1.80. The largest absolute Gasteiger partial charge is 0.382 e. The van der Waals surface area contributed by atoms with E-state index in [0.29, 0.717) is 5.82 Å². The number of thioether (sulfide) groups is 1. The van der Waals surface area contributed by atoms with Gasteiger partial charge in [-0.3, -0.25) is 4.90 Å². The van der Waals surface area contributed by atoms with Gasteiger partial charge in [0.25, 0.3) is 0 Å². The van der Waals surface area contributed by atoms with Gasteiger partial charge in [-0.15, -0.1) is 11.8 Å². The summed E-state index contributed by atoms with van der Waals surface area (Å²) in [5, 5.41) is 4.56. The summed E-state index contributed by atoms with van der Waals surface area (Å²) in [6.45, 7) is 5.45. The maximum Gasteiger partial charge on any atom is 0.153 e. The van der Waals surface area contributed by atoms with E-state index in [2.05, 4.69) is 21.5 Å². The van der Waals surface area contributed by atoms with Crippen LogP contribution < -0.4 is 11.1 Å². The van der Waals surface area contributed by atoms with Gasteiger partial charge in [-0.2, -0.15) is 4.37 Å². The molecule has 0 bridgehead atoms. The van der Waals surface area contributed by atoms with Gasteiger partial charge in [-0.1, -0.05) is 6.92 Å². The van der Waals surface area contributed by atoms with Crippen LogP contribution in [0, 0.1) is 0 Å². The monoisotopic (exact) mass is 272 g/mol. The van der Waals surface area contributed by atoms with Crippen LogP contribution in [0.4, 0.5) is 10.8 Å². The Morgan fingerprint density at radius 3 is 2.94 bits per heavy atom. The summed E-state index contributed by atoms with van der Waals surface area (Å²) in [4.78, 5) is 3.63. The van der Waals surface area contributed by atoms with Gasteiger partial charge in [-0.05, 0) is 37.2 Å². The molecule has 0 aliphatic heterocycles.